The molecule has 3 nitrogen and oxygen atoms in total. The second kappa shape index (κ2) is 9.97. The molecular formula is C22H31F3O3. The molecule has 28 heavy (non-hydrogen) atoms. The Bertz CT molecular complexity index is 572. The topological polar surface area (TPSA) is 27.7 Å². The predicted octanol–water partition coefficient (Wildman–Crippen LogP) is 6.63. The first kappa shape index (κ1) is 21.4. The van der Waals surface area contributed by atoms with Crippen molar-refractivity contribution in [3.05, 3.63) is 29.8 Å². The molecular weight excluding hydrogens is 369 g/mol. The van der Waals surface area contributed by atoms with Crippen molar-refractivity contribution in [2.75, 3.05) is 13.2 Å². The van der Waals surface area contributed by atoms with Gasteiger partial charge >= 0.3 is 6.36 Å². The Labute approximate surface area is 165 Å². The van der Waals surface area contributed by atoms with Gasteiger partial charge in [0, 0.05) is 11.5 Å². The number of halogens is 3. The number of hydrogen-bond acceptors (Lipinski definition) is 3. The zero-order chi connectivity index (χ0) is 20.0. The maximum absolute atomic E-state index is 12.2. The Kier molecular flexibility index (Phi) is 7.63. The smallest absolute Gasteiger partial charge is 0.406 e. The van der Waals surface area contributed by atoms with Crippen molar-refractivity contribution in [2.24, 2.45) is 17.8 Å². The molecule has 0 aromatic heterocycles. The average Bonchev–Trinajstić information content (AvgIpc) is 2.68. The third-order valence-corrected chi connectivity index (χ3v) is 6.08. The monoisotopic (exact) mass is 400 g/mol. The molecule has 1 aromatic rings. The van der Waals surface area contributed by atoms with Gasteiger partial charge in [0.2, 0.25) is 0 Å². The van der Waals surface area contributed by atoms with Crippen molar-refractivity contribution in [1.82, 2.24) is 0 Å². The lowest BCUT2D eigenvalue weighted by Gasteiger charge is -2.38. The van der Waals surface area contributed by atoms with Gasteiger partial charge in [-0.25, -0.2) is 0 Å². The molecule has 0 amide bonds. The molecule has 1 saturated heterocycles. The Morgan fingerprint density at radius 1 is 0.929 bits per heavy atom. The molecule has 158 valence electrons. The quantitative estimate of drug-likeness (QED) is 0.481. The Balaban J connectivity index is 1.41. The molecule has 0 N–H and O–H groups in total. The van der Waals surface area contributed by atoms with Crippen LogP contribution >= 0.6 is 0 Å². The molecule has 2 aliphatic rings. The maximum Gasteiger partial charge on any atom is 0.573 e. The molecule has 0 radical (unpaired) electrons. The minimum absolute atomic E-state index is 0.236. The second-order valence-electron chi connectivity index (χ2n) is 8.15. The lowest BCUT2D eigenvalue weighted by Crippen LogP contribution is -2.34. The van der Waals surface area contributed by atoms with E-state index in [2.05, 4.69) is 11.7 Å². The lowest BCUT2D eigenvalue weighted by molar-refractivity contribution is -0.274. The molecule has 6 heteroatoms. The minimum atomic E-state index is -4.68. The highest BCUT2D eigenvalue weighted by Crippen LogP contribution is 2.39. The summed E-state index contributed by atoms with van der Waals surface area (Å²) in [4.78, 5) is 0. The highest BCUT2D eigenvalue weighted by Gasteiger charge is 2.33. The van der Waals surface area contributed by atoms with Crippen LogP contribution in [0.15, 0.2) is 24.3 Å². The summed E-state index contributed by atoms with van der Waals surface area (Å²) >= 11 is 0. The number of rotatable bonds is 7. The lowest BCUT2D eigenvalue weighted by atomic mass is 9.74. The Morgan fingerprint density at radius 2 is 1.57 bits per heavy atom. The van der Waals surface area contributed by atoms with Gasteiger partial charge in [-0.1, -0.05) is 57.6 Å². The first-order valence-electron chi connectivity index (χ1n) is 10.5. The zero-order valence-electron chi connectivity index (χ0n) is 16.5. The van der Waals surface area contributed by atoms with Crippen molar-refractivity contribution in [2.45, 2.75) is 70.9 Å². The summed E-state index contributed by atoms with van der Waals surface area (Å²) in [5, 5.41) is 0. The molecule has 1 saturated carbocycles. The molecule has 3 rings (SSSR count). The van der Waals surface area contributed by atoms with Crippen molar-refractivity contribution in [1.29, 1.82) is 0 Å². The van der Waals surface area contributed by atoms with E-state index in [0.29, 0.717) is 30.6 Å². The number of alkyl halides is 3. The van der Waals surface area contributed by atoms with Gasteiger partial charge in [-0.3, -0.25) is 0 Å². The Hall–Kier alpha value is -1.27. The molecule has 0 unspecified atom stereocenters. The SMILES string of the molecule is CCCCC[C@H]1CC[C@H](C2COC(c3ccc(OC(F)(F)F)cc3)OC2)CC1. The van der Waals surface area contributed by atoms with E-state index < -0.39 is 12.7 Å². The van der Waals surface area contributed by atoms with Crippen molar-refractivity contribution >= 4 is 0 Å². The summed E-state index contributed by atoms with van der Waals surface area (Å²) in [6, 6.07) is 5.71. The van der Waals surface area contributed by atoms with Gasteiger partial charge in [-0.2, -0.15) is 0 Å². The van der Waals surface area contributed by atoms with Crippen LogP contribution in [0, 0.1) is 17.8 Å². The summed E-state index contributed by atoms with van der Waals surface area (Å²) < 4.78 is 52.4. The number of unbranched alkanes of at least 4 members (excludes halogenated alkanes) is 2. The predicted molar refractivity (Wildman–Crippen MR) is 101 cm³/mol. The van der Waals surface area contributed by atoms with Gasteiger partial charge in [-0.05, 0) is 36.8 Å². The maximum atomic E-state index is 12.2. The van der Waals surface area contributed by atoms with Crippen LogP contribution in [-0.2, 0) is 9.47 Å². The normalized spacial score (nSPS) is 28.9. The van der Waals surface area contributed by atoms with E-state index in [-0.39, 0.29) is 5.75 Å². The fraction of sp³-hybridized carbons (Fsp3) is 0.727. The van der Waals surface area contributed by atoms with Crippen molar-refractivity contribution < 1.29 is 27.4 Å². The molecule has 0 bridgehead atoms. The van der Waals surface area contributed by atoms with E-state index >= 15 is 0 Å². The molecule has 1 aliphatic carbocycles. The molecule has 0 atom stereocenters. The van der Waals surface area contributed by atoms with E-state index in [9.17, 15) is 13.2 Å². The third-order valence-electron chi connectivity index (χ3n) is 6.08. The van der Waals surface area contributed by atoms with E-state index in [4.69, 9.17) is 9.47 Å². The molecule has 2 fully saturated rings. The summed E-state index contributed by atoms with van der Waals surface area (Å²) in [7, 11) is 0. The van der Waals surface area contributed by atoms with Crippen LogP contribution in [0.25, 0.3) is 0 Å². The van der Waals surface area contributed by atoms with Gasteiger partial charge in [-0.15, -0.1) is 13.2 Å². The van der Waals surface area contributed by atoms with Gasteiger partial charge in [0.1, 0.15) is 5.75 Å². The number of hydrogen-bond donors (Lipinski definition) is 0. The van der Waals surface area contributed by atoms with E-state index in [1.807, 2.05) is 0 Å². The van der Waals surface area contributed by atoms with Crippen LogP contribution < -0.4 is 4.74 Å². The van der Waals surface area contributed by atoms with Crippen LogP contribution in [0.2, 0.25) is 0 Å². The summed E-state index contributed by atoms with van der Waals surface area (Å²) in [5.41, 5.74) is 0.715. The van der Waals surface area contributed by atoms with Crippen LogP contribution in [-0.4, -0.2) is 19.6 Å². The van der Waals surface area contributed by atoms with E-state index in [1.165, 1.54) is 63.5 Å². The fourth-order valence-corrected chi connectivity index (χ4v) is 4.44. The summed E-state index contributed by atoms with van der Waals surface area (Å²) in [5.74, 6) is 1.73. The summed E-state index contributed by atoms with van der Waals surface area (Å²) in [6.45, 7) is 3.55. The van der Waals surface area contributed by atoms with Crippen molar-refractivity contribution in [3.63, 3.8) is 0 Å². The molecule has 1 aliphatic heterocycles. The van der Waals surface area contributed by atoms with E-state index in [1.54, 1.807) is 12.1 Å². The van der Waals surface area contributed by atoms with Gasteiger partial charge in [0.05, 0.1) is 13.2 Å². The second-order valence-corrected chi connectivity index (χ2v) is 8.15. The standard InChI is InChI=1S/C22H31F3O3/c1-2-3-4-5-16-6-8-17(9-7-16)19-14-26-21(27-15-19)18-10-12-20(13-11-18)28-22(23,24)25/h10-13,16-17,19,21H,2-9,14-15H2,1H3/t16-,17-,19?,21?. The highest BCUT2D eigenvalue weighted by atomic mass is 19.4. The minimum Gasteiger partial charge on any atom is -0.406 e. The first-order chi connectivity index (χ1) is 13.4. The first-order valence-corrected chi connectivity index (χ1v) is 10.5. The largest absolute Gasteiger partial charge is 0.573 e. The van der Waals surface area contributed by atoms with Gasteiger partial charge in [0.15, 0.2) is 6.29 Å². The fourth-order valence-electron chi connectivity index (χ4n) is 4.44. The third kappa shape index (κ3) is 6.38. The number of ether oxygens (including phenoxy) is 3. The van der Waals surface area contributed by atoms with Gasteiger partial charge < -0.3 is 14.2 Å². The van der Waals surface area contributed by atoms with Crippen LogP contribution in [0.4, 0.5) is 13.2 Å². The van der Waals surface area contributed by atoms with Crippen LogP contribution in [0.1, 0.15) is 70.1 Å². The zero-order valence-corrected chi connectivity index (χ0v) is 16.5. The van der Waals surface area contributed by atoms with Crippen LogP contribution in [0.3, 0.4) is 0 Å². The summed E-state index contributed by atoms with van der Waals surface area (Å²) in [6.07, 6.45) is 5.29. The molecule has 1 heterocycles. The number of benzene rings is 1. The molecule has 1 aromatic carbocycles. The highest BCUT2D eigenvalue weighted by molar-refractivity contribution is 5.28. The van der Waals surface area contributed by atoms with E-state index in [0.717, 1.165) is 5.92 Å². The van der Waals surface area contributed by atoms with Gasteiger partial charge in [0.25, 0.3) is 0 Å². The van der Waals surface area contributed by atoms with Crippen molar-refractivity contribution in [3.8, 4) is 5.75 Å². The Morgan fingerprint density at radius 3 is 2.14 bits per heavy atom. The average molecular weight is 400 g/mol. The van der Waals surface area contributed by atoms with Crippen LogP contribution in [0.5, 0.6) is 5.75 Å². The molecule has 0 spiro atoms.